The van der Waals surface area contributed by atoms with Crippen molar-refractivity contribution in [2.24, 2.45) is 0 Å². The zero-order chi connectivity index (χ0) is 34.2. The van der Waals surface area contributed by atoms with Crippen molar-refractivity contribution in [2.75, 3.05) is 44.1 Å². The summed E-state index contributed by atoms with van der Waals surface area (Å²) in [5, 5.41) is 0.609. The molecular weight excluding hydrogens is 875 g/mol. The Bertz CT molecular complexity index is 1890. The van der Waals surface area contributed by atoms with Crippen LogP contribution in [-0.2, 0) is 10.3 Å². The third kappa shape index (κ3) is 6.23. The Morgan fingerprint density at radius 3 is 1.96 bits per heavy atom. The molecular formula is C37H33Br4ClN2O3. The summed E-state index contributed by atoms with van der Waals surface area (Å²) >= 11 is 21.3. The lowest BCUT2D eigenvalue weighted by molar-refractivity contribution is 0.0243. The number of hydrogen-bond donors (Lipinski definition) is 0. The van der Waals surface area contributed by atoms with Crippen molar-refractivity contribution in [2.45, 2.75) is 19.4 Å². The number of hydrogen-bond acceptors (Lipinski definition) is 5. The number of rotatable bonds is 10. The second kappa shape index (κ2) is 14.5. The lowest BCUT2D eigenvalue weighted by Crippen LogP contribution is -2.32. The number of benzene rings is 4. The van der Waals surface area contributed by atoms with Crippen LogP contribution < -0.4 is 14.5 Å². The highest BCUT2D eigenvalue weighted by Gasteiger charge is 2.54. The van der Waals surface area contributed by atoms with Crippen LogP contribution >= 0.6 is 75.3 Å². The molecule has 1 atom stereocenters. The minimum Gasteiger partial charge on any atom is -0.496 e. The van der Waals surface area contributed by atoms with Gasteiger partial charge in [0.2, 0.25) is 0 Å². The number of nitrogens with zero attached hydrogens (tertiary/aromatic N) is 2. The van der Waals surface area contributed by atoms with Crippen molar-refractivity contribution in [1.29, 1.82) is 0 Å². The van der Waals surface area contributed by atoms with Gasteiger partial charge in [-0.05, 0) is 131 Å². The maximum absolute atomic E-state index is 14.2. The van der Waals surface area contributed by atoms with Crippen LogP contribution in [0.15, 0.2) is 103 Å². The van der Waals surface area contributed by atoms with Gasteiger partial charge in [0.25, 0.3) is 0 Å². The Balaban J connectivity index is 2.01. The molecule has 0 aliphatic carbocycles. The second-order valence-electron chi connectivity index (χ2n) is 11.1. The first-order valence-electron chi connectivity index (χ1n) is 14.9. The monoisotopic (exact) mass is 904 g/mol. The number of carbonyl (C=O) groups excluding carboxylic acids is 1. The zero-order valence-electron chi connectivity index (χ0n) is 26.6. The largest absolute Gasteiger partial charge is 0.496 e. The molecule has 4 aromatic carbocycles. The van der Waals surface area contributed by atoms with Crippen LogP contribution in [0.3, 0.4) is 0 Å². The Kier molecular flexibility index (Phi) is 11.0. The summed E-state index contributed by atoms with van der Waals surface area (Å²) in [6, 6.07) is 21.9. The highest BCUT2D eigenvalue weighted by Crippen LogP contribution is 2.59. The summed E-state index contributed by atoms with van der Waals surface area (Å²) in [4.78, 5) is 18.5. The molecule has 5 nitrogen and oxygen atoms in total. The van der Waals surface area contributed by atoms with Gasteiger partial charge in [-0.2, -0.15) is 0 Å². The molecule has 0 saturated heterocycles. The van der Waals surface area contributed by atoms with Crippen molar-refractivity contribution in [3.63, 3.8) is 0 Å². The van der Waals surface area contributed by atoms with E-state index in [1.165, 1.54) is 0 Å². The standard InChI is InChI=1S/C37H33Br4ClN2O3/c1-7-26(29(21-10-14-23(42)15-11-21)22-12-16-24(17-13-22)43(4)5)37(27-19-18-25(20-28(27)46-6)44(8-2)9-3)31-30(36(45)47-37)32(38)34(40)35(41)33(31)39/h7,10-20H,1,8-9H2,2-6H3. The molecule has 0 saturated carbocycles. The Labute approximate surface area is 315 Å². The fourth-order valence-corrected chi connectivity index (χ4v) is 8.80. The van der Waals surface area contributed by atoms with Gasteiger partial charge in [-0.3, -0.25) is 0 Å². The number of carbonyl (C=O) groups is 1. The van der Waals surface area contributed by atoms with E-state index in [1.807, 2.05) is 61.5 Å². The quantitative estimate of drug-likeness (QED) is 0.0686. The molecule has 0 radical (unpaired) electrons. The molecule has 0 N–H and O–H groups in total. The summed E-state index contributed by atoms with van der Waals surface area (Å²) in [6.07, 6.45) is 1.78. The van der Waals surface area contributed by atoms with Gasteiger partial charge in [0.1, 0.15) is 5.75 Å². The number of anilines is 2. The van der Waals surface area contributed by atoms with Gasteiger partial charge in [-0.15, -0.1) is 0 Å². The van der Waals surface area contributed by atoms with E-state index in [0.29, 0.717) is 46.5 Å². The van der Waals surface area contributed by atoms with Crippen molar-refractivity contribution in [3.05, 3.63) is 136 Å². The van der Waals surface area contributed by atoms with Crippen LogP contribution in [0.1, 0.15) is 46.5 Å². The molecule has 0 spiro atoms. The topological polar surface area (TPSA) is 42.0 Å². The molecule has 1 aliphatic heterocycles. The average Bonchev–Trinajstić information content (AvgIpc) is 3.39. The first-order chi connectivity index (χ1) is 22.4. The molecule has 0 bridgehead atoms. The minimum atomic E-state index is -1.50. The maximum atomic E-state index is 14.2. The van der Waals surface area contributed by atoms with Crippen LogP contribution in [0.2, 0.25) is 5.02 Å². The average molecular weight is 909 g/mol. The van der Waals surface area contributed by atoms with Gasteiger partial charge in [0.05, 0.1) is 12.7 Å². The van der Waals surface area contributed by atoms with E-state index in [-0.39, 0.29) is 0 Å². The smallest absolute Gasteiger partial charge is 0.341 e. The van der Waals surface area contributed by atoms with Gasteiger partial charge in [-0.1, -0.05) is 48.5 Å². The number of methoxy groups -OCH3 is 1. The fourth-order valence-electron chi connectivity index (χ4n) is 6.12. The summed E-state index contributed by atoms with van der Waals surface area (Å²) in [5.41, 5.74) is 5.44. The summed E-state index contributed by atoms with van der Waals surface area (Å²) in [6.45, 7) is 10.2. The Morgan fingerprint density at radius 1 is 0.872 bits per heavy atom. The minimum absolute atomic E-state index is 0.389. The van der Waals surface area contributed by atoms with E-state index < -0.39 is 11.6 Å². The highest BCUT2D eigenvalue weighted by molar-refractivity contribution is 9.15. The molecule has 4 aromatic rings. The van der Waals surface area contributed by atoms with Gasteiger partial charge in [-0.25, -0.2) is 4.79 Å². The van der Waals surface area contributed by atoms with Crippen molar-refractivity contribution >= 4 is 98.2 Å². The van der Waals surface area contributed by atoms with Gasteiger partial charge in [0, 0.05) is 84.2 Å². The molecule has 0 amide bonds. The molecule has 1 heterocycles. The van der Waals surface area contributed by atoms with E-state index in [9.17, 15) is 4.79 Å². The predicted octanol–water partition coefficient (Wildman–Crippen LogP) is 11.4. The third-order valence-electron chi connectivity index (χ3n) is 8.42. The van der Waals surface area contributed by atoms with Crippen LogP contribution in [-0.4, -0.2) is 40.3 Å². The number of esters is 1. The molecule has 0 aromatic heterocycles. The number of ether oxygens (including phenoxy) is 2. The third-order valence-corrected chi connectivity index (χ3v) is 13.4. The van der Waals surface area contributed by atoms with Gasteiger partial charge in [0.15, 0.2) is 5.60 Å². The molecule has 1 unspecified atom stereocenters. The van der Waals surface area contributed by atoms with Gasteiger partial charge >= 0.3 is 5.97 Å². The second-order valence-corrected chi connectivity index (χ2v) is 14.7. The Morgan fingerprint density at radius 2 is 1.43 bits per heavy atom. The molecule has 5 rings (SSSR count). The first-order valence-corrected chi connectivity index (χ1v) is 18.4. The van der Waals surface area contributed by atoms with Crippen molar-refractivity contribution in [1.82, 2.24) is 0 Å². The SMILES string of the molecule is C=CC(=C(c1ccc(Cl)cc1)c1ccc(N(C)C)cc1)C1(c2ccc(N(CC)CC)cc2OC)OC(=O)c2c(Br)c(Br)c(Br)c(Br)c21. The number of cyclic esters (lactones) is 1. The lowest BCUT2D eigenvalue weighted by Gasteiger charge is -2.35. The molecule has 1 aliphatic rings. The molecule has 0 fully saturated rings. The summed E-state index contributed by atoms with van der Waals surface area (Å²) in [7, 11) is 5.64. The van der Waals surface area contributed by atoms with Crippen LogP contribution in [0, 0.1) is 0 Å². The predicted molar refractivity (Wildman–Crippen MR) is 208 cm³/mol. The molecule has 244 valence electrons. The highest BCUT2D eigenvalue weighted by atomic mass is 79.9. The Hall–Kier alpha value is -2.56. The summed E-state index contributed by atoms with van der Waals surface area (Å²) in [5.74, 6) is 0.0725. The fraction of sp³-hybridized carbons (Fsp3) is 0.216. The zero-order valence-corrected chi connectivity index (χ0v) is 33.7. The van der Waals surface area contributed by atoms with E-state index in [4.69, 9.17) is 21.1 Å². The summed E-state index contributed by atoms with van der Waals surface area (Å²) < 4.78 is 15.5. The number of fused-ring (bicyclic) bond motifs is 1. The lowest BCUT2D eigenvalue weighted by atomic mass is 9.74. The van der Waals surface area contributed by atoms with Crippen LogP contribution in [0.4, 0.5) is 11.4 Å². The molecule has 10 heteroatoms. The normalized spacial score (nSPS) is 15.9. The van der Waals surface area contributed by atoms with E-state index in [1.54, 1.807) is 13.2 Å². The maximum Gasteiger partial charge on any atom is 0.341 e. The van der Waals surface area contributed by atoms with E-state index in [2.05, 4.69) is 113 Å². The van der Waals surface area contributed by atoms with Crippen LogP contribution in [0.25, 0.3) is 5.57 Å². The number of halogens is 5. The van der Waals surface area contributed by atoms with Crippen molar-refractivity contribution < 1.29 is 14.3 Å². The van der Waals surface area contributed by atoms with Crippen LogP contribution in [0.5, 0.6) is 5.75 Å². The van der Waals surface area contributed by atoms with Gasteiger partial charge < -0.3 is 19.3 Å². The van der Waals surface area contributed by atoms with E-state index in [0.717, 1.165) is 45.6 Å². The van der Waals surface area contributed by atoms with Crippen molar-refractivity contribution in [3.8, 4) is 5.75 Å². The van der Waals surface area contributed by atoms with E-state index >= 15 is 0 Å². The first kappa shape index (κ1) is 35.7. The molecule has 47 heavy (non-hydrogen) atoms.